The maximum Gasteiger partial charge on any atom is 0.327 e. The van der Waals surface area contributed by atoms with Crippen molar-refractivity contribution in [3.63, 3.8) is 0 Å². The SMILES string of the molecule is O=C(N[C@@H]1CCC[C@H]1O)C1Sc2nccc3c2C1NC(=O)N3c1cccc(-c2ccccc2)c1. The lowest BCUT2D eigenvalue weighted by atomic mass is 9.99. The third kappa shape index (κ3) is 3.54. The van der Waals surface area contributed by atoms with Crippen LogP contribution in [-0.2, 0) is 4.79 Å². The number of nitrogens with zero attached hydrogens (tertiary/aromatic N) is 2. The summed E-state index contributed by atoms with van der Waals surface area (Å²) in [5.74, 6) is -0.176. The molecule has 2 aromatic carbocycles. The van der Waals surface area contributed by atoms with E-state index in [0.29, 0.717) is 6.42 Å². The number of aromatic nitrogens is 1. The zero-order valence-electron chi connectivity index (χ0n) is 18.3. The van der Waals surface area contributed by atoms with E-state index in [4.69, 9.17) is 0 Å². The minimum absolute atomic E-state index is 0.176. The number of hydrogen-bond acceptors (Lipinski definition) is 5. The fourth-order valence-corrected chi connectivity index (χ4v) is 6.35. The van der Waals surface area contributed by atoms with Gasteiger partial charge in [0.15, 0.2) is 0 Å². The summed E-state index contributed by atoms with van der Waals surface area (Å²) >= 11 is 1.37. The molecule has 4 atom stereocenters. The van der Waals surface area contributed by atoms with Gasteiger partial charge in [0.2, 0.25) is 5.91 Å². The van der Waals surface area contributed by atoms with Crippen molar-refractivity contribution in [1.29, 1.82) is 0 Å². The molecule has 0 saturated heterocycles. The average molecular weight is 473 g/mol. The molecular formula is C26H24N4O3S. The number of thioether (sulfide) groups is 1. The Labute approximate surface area is 201 Å². The lowest BCUT2D eigenvalue weighted by Crippen LogP contribution is -2.51. The predicted octanol–water partition coefficient (Wildman–Crippen LogP) is 4.15. The van der Waals surface area contributed by atoms with Crippen LogP contribution in [0.5, 0.6) is 0 Å². The number of aliphatic hydroxyl groups excluding tert-OH is 1. The number of amides is 3. The van der Waals surface area contributed by atoms with Crippen LogP contribution in [0.4, 0.5) is 16.2 Å². The summed E-state index contributed by atoms with van der Waals surface area (Å²) in [5, 5.41) is 16.4. The maximum absolute atomic E-state index is 13.4. The van der Waals surface area contributed by atoms with Crippen LogP contribution < -0.4 is 15.5 Å². The largest absolute Gasteiger partial charge is 0.391 e. The second-order valence-electron chi connectivity index (χ2n) is 8.88. The topological polar surface area (TPSA) is 94.6 Å². The van der Waals surface area contributed by atoms with E-state index in [2.05, 4.69) is 15.6 Å². The average Bonchev–Trinajstić information content (AvgIpc) is 3.44. The Morgan fingerprint density at radius 2 is 1.91 bits per heavy atom. The molecule has 2 unspecified atom stereocenters. The summed E-state index contributed by atoms with van der Waals surface area (Å²) in [6, 6.07) is 18.8. The van der Waals surface area contributed by atoms with Crippen LogP contribution in [0.15, 0.2) is 71.9 Å². The zero-order valence-corrected chi connectivity index (χ0v) is 19.2. The summed E-state index contributed by atoms with van der Waals surface area (Å²) in [6.07, 6.45) is 3.54. The molecule has 3 aliphatic rings. The first-order chi connectivity index (χ1) is 16.6. The predicted molar refractivity (Wildman–Crippen MR) is 131 cm³/mol. The van der Waals surface area contributed by atoms with Crippen molar-refractivity contribution in [3.05, 3.63) is 72.4 Å². The van der Waals surface area contributed by atoms with E-state index in [1.54, 1.807) is 11.1 Å². The van der Waals surface area contributed by atoms with Gasteiger partial charge >= 0.3 is 6.03 Å². The molecular weight excluding hydrogens is 448 g/mol. The smallest absolute Gasteiger partial charge is 0.327 e. The van der Waals surface area contributed by atoms with Gasteiger partial charge in [-0.15, -0.1) is 0 Å². The van der Waals surface area contributed by atoms with E-state index in [9.17, 15) is 14.7 Å². The first-order valence-electron chi connectivity index (χ1n) is 11.5. The number of rotatable bonds is 4. The number of nitrogens with one attached hydrogen (secondary N) is 2. The molecule has 8 heteroatoms. The van der Waals surface area contributed by atoms with Crippen molar-refractivity contribution in [2.75, 3.05) is 4.90 Å². The van der Waals surface area contributed by atoms with Crippen molar-refractivity contribution >= 4 is 35.1 Å². The monoisotopic (exact) mass is 472 g/mol. The second kappa shape index (κ2) is 8.45. The molecule has 3 heterocycles. The molecule has 3 aromatic rings. The second-order valence-corrected chi connectivity index (χ2v) is 10.0. The van der Waals surface area contributed by atoms with Gasteiger partial charge in [-0.25, -0.2) is 9.78 Å². The Balaban J connectivity index is 1.33. The molecule has 1 aromatic heterocycles. The molecule has 0 radical (unpaired) electrons. The van der Waals surface area contributed by atoms with Crippen LogP contribution in [0, 0.1) is 0 Å². The van der Waals surface area contributed by atoms with Gasteiger partial charge in [0.1, 0.15) is 10.3 Å². The summed E-state index contributed by atoms with van der Waals surface area (Å²) < 4.78 is 0. The molecule has 1 aliphatic carbocycles. The van der Waals surface area contributed by atoms with Gasteiger partial charge in [0, 0.05) is 11.8 Å². The van der Waals surface area contributed by atoms with Crippen molar-refractivity contribution in [2.45, 2.75) is 47.7 Å². The Bertz CT molecular complexity index is 1270. The molecule has 34 heavy (non-hydrogen) atoms. The van der Waals surface area contributed by atoms with Crippen molar-refractivity contribution in [3.8, 4) is 11.1 Å². The van der Waals surface area contributed by atoms with Gasteiger partial charge in [-0.05, 0) is 48.6 Å². The third-order valence-corrected chi connectivity index (χ3v) is 8.07. The number of hydrogen-bond donors (Lipinski definition) is 3. The van der Waals surface area contributed by atoms with Gasteiger partial charge in [0.25, 0.3) is 0 Å². The summed E-state index contributed by atoms with van der Waals surface area (Å²) in [7, 11) is 0. The molecule has 172 valence electrons. The van der Waals surface area contributed by atoms with Crippen molar-refractivity contribution < 1.29 is 14.7 Å². The summed E-state index contributed by atoms with van der Waals surface area (Å²) in [6.45, 7) is 0. The van der Waals surface area contributed by atoms with E-state index in [1.165, 1.54) is 11.8 Å². The van der Waals surface area contributed by atoms with E-state index in [1.807, 2.05) is 60.7 Å². The lowest BCUT2D eigenvalue weighted by molar-refractivity contribution is -0.122. The molecule has 7 nitrogen and oxygen atoms in total. The highest BCUT2D eigenvalue weighted by atomic mass is 32.2. The molecule has 6 rings (SSSR count). The minimum atomic E-state index is -0.529. The number of pyridine rings is 1. The fourth-order valence-electron chi connectivity index (χ4n) is 5.11. The van der Waals surface area contributed by atoms with Gasteiger partial charge in [-0.1, -0.05) is 54.2 Å². The Morgan fingerprint density at radius 1 is 1.09 bits per heavy atom. The third-order valence-electron chi connectivity index (χ3n) is 6.78. The molecule has 3 amide bonds. The first-order valence-corrected chi connectivity index (χ1v) is 12.4. The highest BCUT2D eigenvalue weighted by Crippen LogP contribution is 2.50. The fraction of sp³-hybridized carbons (Fsp3) is 0.269. The van der Waals surface area contributed by atoms with Crippen LogP contribution in [0.1, 0.15) is 30.9 Å². The molecule has 1 fully saturated rings. The molecule has 3 N–H and O–H groups in total. The van der Waals surface area contributed by atoms with E-state index >= 15 is 0 Å². The van der Waals surface area contributed by atoms with Crippen molar-refractivity contribution in [2.24, 2.45) is 0 Å². The zero-order chi connectivity index (χ0) is 23.2. The first kappa shape index (κ1) is 21.2. The number of aliphatic hydroxyl groups is 1. The lowest BCUT2D eigenvalue weighted by Gasteiger charge is -2.34. The molecule has 1 saturated carbocycles. The highest BCUT2D eigenvalue weighted by Gasteiger charge is 2.47. The normalized spacial score (nSPS) is 25.1. The number of carbonyl (C=O) groups excluding carboxylic acids is 2. The van der Waals surface area contributed by atoms with Crippen LogP contribution >= 0.6 is 11.8 Å². The number of urea groups is 1. The Kier molecular flexibility index (Phi) is 5.27. The minimum Gasteiger partial charge on any atom is -0.391 e. The molecule has 0 bridgehead atoms. The summed E-state index contributed by atoms with van der Waals surface area (Å²) in [4.78, 5) is 32.7. The van der Waals surface area contributed by atoms with Crippen LogP contribution in [0.25, 0.3) is 11.1 Å². The van der Waals surface area contributed by atoms with Crippen LogP contribution in [-0.4, -0.2) is 39.4 Å². The maximum atomic E-state index is 13.4. The van der Waals surface area contributed by atoms with E-state index in [-0.39, 0.29) is 18.0 Å². The van der Waals surface area contributed by atoms with Crippen LogP contribution in [0.2, 0.25) is 0 Å². The molecule has 0 spiro atoms. The quantitative estimate of drug-likeness (QED) is 0.530. The van der Waals surface area contributed by atoms with Gasteiger partial charge in [-0.2, -0.15) is 0 Å². The standard InChI is InChI=1S/C26H24N4O3S/c31-20-11-5-10-18(20)28-24(32)23-22-21-19(12-13-27-25(21)34-23)30(26(33)29-22)17-9-4-8-16(14-17)15-6-2-1-3-7-15/h1-4,6-9,12-14,18,20,22-23,31H,5,10-11H2,(H,28,32)(H,29,33)/t18-,20-,22?,23?/m1/s1. The van der Waals surface area contributed by atoms with Gasteiger partial charge in [0.05, 0.1) is 29.6 Å². The number of carbonyl (C=O) groups is 2. The number of anilines is 2. The van der Waals surface area contributed by atoms with Crippen LogP contribution in [0.3, 0.4) is 0 Å². The van der Waals surface area contributed by atoms with Gasteiger partial charge < -0.3 is 15.7 Å². The van der Waals surface area contributed by atoms with E-state index in [0.717, 1.165) is 45.9 Å². The Morgan fingerprint density at radius 3 is 2.71 bits per heavy atom. The summed E-state index contributed by atoms with van der Waals surface area (Å²) in [5.41, 5.74) is 4.44. The van der Waals surface area contributed by atoms with Gasteiger partial charge in [-0.3, -0.25) is 9.69 Å². The van der Waals surface area contributed by atoms with E-state index < -0.39 is 17.4 Å². The highest BCUT2D eigenvalue weighted by molar-refractivity contribution is 8.01. The number of benzene rings is 2. The van der Waals surface area contributed by atoms with Crippen molar-refractivity contribution in [1.82, 2.24) is 15.6 Å². The Hall–Kier alpha value is -3.36. The molecule has 2 aliphatic heterocycles.